The first-order valence-corrected chi connectivity index (χ1v) is 6.41. The minimum absolute atomic E-state index is 0.00625. The van der Waals surface area contributed by atoms with E-state index in [-0.39, 0.29) is 18.0 Å². The van der Waals surface area contributed by atoms with E-state index in [1.165, 1.54) is 18.1 Å². The number of carbonyl (C=O) groups is 1. The Morgan fingerprint density at radius 1 is 1.57 bits per heavy atom. The molecule has 1 aliphatic carbocycles. The summed E-state index contributed by atoms with van der Waals surface area (Å²) in [7, 11) is 1.24. The zero-order valence-corrected chi connectivity index (χ0v) is 11.4. The molecule has 0 saturated heterocycles. The molecule has 1 aliphatic rings. The summed E-state index contributed by atoms with van der Waals surface area (Å²) in [5.41, 5.74) is -0.479. The van der Waals surface area contributed by atoms with Crippen LogP contribution in [0.25, 0.3) is 0 Å². The van der Waals surface area contributed by atoms with Crippen molar-refractivity contribution in [3.63, 3.8) is 0 Å². The molecule has 7 nitrogen and oxygen atoms in total. The predicted molar refractivity (Wildman–Crippen MR) is 72.2 cm³/mol. The average Bonchev–Trinajstić information content (AvgIpc) is 3.21. The van der Waals surface area contributed by atoms with Gasteiger partial charge in [-0.15, -0.1) is 0 Å². The minimum Gasteiger partial charge on any atom is -0.490 e. The summed E-state index contributed by atoms with van der Waals surface area (Å²) in [6.45, 7) is 0.0402. The molecule has 0 radical (unpaired) electrons. The number of benzene rings is 1. The molecule has 0 atom stereocenters. The number of nitrogens with zero attached hydrogens (tertiary/aromatic N) is 2. The Bertz CT molecular complexity index is 574. The van der Waals surface area contributed by atoms with Crippen LogP contribution in [0.4, 0.5) is 15.8 Å². The van der Waals surface area contributed by atoms with Crippen LogP contribution in [0.3, 0.4) is 0 Å². The maximum Gasteiger partial charge on any atom is 0.323 e. The summed E-state index contributed by atoms with van der Waals surface area (Å²) in [4.78, 5) is 22.4. The fourth-order valence-electron chi connectivity index (χ4n) is 2.10. The smallest absolute Gasteiger partial charge is 0.323 e. The maximum atomic E-state index is 14.1. The van der Waals surface area contributed by atoms with Gasteiger partial charge in [0.25, 0.3) is 0 Å². The lowest BCUT2D eigenvalue weighted by Gasteiger charge is -2.23. The van der Waals surface area contributed by atoms with Crippen molar-refractivity contribution in [2.45, 2.75) is 12.8 Å². The molecule has 1 N–H and O–H groups in total. The van der Waals surface area contributed by atoms with E-state index in [9.17, 15) is 19.3 Å². The Kier molecular flexibility index (Phi) is 4.25. The van der Waals surface area contributed by atoms with Crippen molar-refractivity contribution < 1.29 is 24.0 Å². The molecule has 1 aromatic rings. The van der Waals surface area contributed by atoms with Gasteiger partial charge in [0.2, 0.25) is 0 Å². The number of carboxylic acids is 1. The van der Waals surface area contributed by atoms with Crippen LogP contribution in [0.5, 0.6) is 5.75 Å². The van der Waals surface area contributed by atoms with E-state index in [0.717, 1.165) is 18.9 Å². The molecule has 1 saturated carbocycles. The first kappa shape index (κ1) is 15.0. The SMILES string of the molecule is COc1cc(N(CC(=O)O)CC2CC2)c(F)cc1[N+](=O)[O-]. The molecular weight excluding hydrogens is 283 g/mol. The summed E-state index contributed by atoms with van der Waals surface area (Å²) in [6.07, 6.45) is 1.95. The highest BCUT2D eigenvalue weighted by atomic mass is 19.1. The zero-order chi connectivity index (χ0) is 15.6. The molecule has 21 heavy (non-hydrogen) atoms. The lowest BCUT2D eigenvalue weighted by Crippen LogP contribution is -2.32. The highest BCUT2D eigenvalue weighted by molar-refractivity contribution is 5.74. The Morgan fingerprint density at radius 2 is 2.24 bits per heavy atom. The van der Waals surface area contributed by atoms with Gasteiger partial charge in [0, 0.05) is 12.6 Å². The monoisotopic (exact) mass is 298 g/mol. The summed E-state index contributed by atoms with van der Waals surface area (Å²) in [5.74, 6) is -1.68. The molecule has 0 unspecified atom stereocenters. The zero-order valence-electron chi connectivity index (χ0n) is 11.4. The second-order valence-electron chi connectivity index (χ2n) is 4.95. The largest absolute Gasteiger partial charge is 0.490 e. The number of carboxylic acid groups (broad SMARTS) is 1. The number of aliphatic carboxylic acids is 1. The summed E-state index contributed by atoms with van der Waals surface area (Å²) in [6, 6.07) is 1.94. The number of nitro groups is 1. The van der Waals surface area contributed by atoms with Gasteiger partial charge in [-0.05, 0) is 18.8 Å². The van der Waals surface area contributed by atoms with Crippen molar-refractivity contribution in [2.24, 2.45) is 5.92 Å². The lowest BCUT2D eigenvalue weighted by molar-refractivity contribution is -0.385. The third-order valence-electron chi connectivity index (χ3n) is 3.29. The van der Waals surface area contributed by atoms with Crippen molar-refractivity contribution in [3.05, 3.63) is 28.1 Å². The maximum absolute atomic E-state index is 14.1. The van der Waals surface area contributed by atoms with Crippen LogP contribution < -0.4 is 9.64 Å². The van der Waals surface area contributed by atoms with E-state index >= 15 is 0 Å². The fraction of sp³-hybridized carbons (Fsp3) is 0.462. The van der Waals surface area contributed by atoms with Crippen molar-refractivity contribution in [1.29, 1.82) is 0 Å². The van der Waals surface area contributed by atoms with Crippen LogP contribution in [0, 0.1) is 21.8 Å². The molecule has 0 aromatic heterocycles. The quantitative estimate of drug-likeness (QED) is 0.611. The van der Waals surface area contributed by atoms with Gasteiger partial charge in [0.1, 0.15) is 6.54 Å². The second-order valence-corrected chi connectivity index (χ2v) is 4.95. The minimum atomic E-state index is -1.09. The highest BCUT2D eigenvalue weighted by Crippen LogP contribution is 2.36. The van der Waals surface area contributed by atoms with E-state index in [1.807, 2.05) is 0 Å². The Labute approximate surface area is 120 Å². The number of hydrogen-bond donors (Lipinski definition) is 1. The van der Waals surface area contributed by atoms with Gasteiger partial charge >= 0.3 is 11.7 Å². The number of rotatable bonds is 7. The van der Waals surface area contributed by atoms with Gasteiger partial charge in [-0.25, -0.2) is 4.39 Å². The molecule has 114 valence electrons. The number of ether oxygens (including phenoxy) is 1. The fourth-order valence-corrected chi connectivity index (χ4v) is 2.10. The molecule has 0 aliphatic heterocycles. The van der Waals surface area contributed by atoms with E-state index in [0.29, 0.717) is 12.5 Å². The van der Waals surface area contributed by atoms with Gasteiger partial charge < -0.3 is 14.7 Å². The number of hydrogen-bond acceptors (Lipinski definition) is 5. The van der Waals surface area contributed by atoms with Gasteiger partial charge in [0.05, 0.1) is 23.8 Å². The molecule has 2 rings (SSSR count). The predicted octanol–water partition coefficient (Wildman–Crippen LogP) is 2.04. The summed E-state index contributed by atoms with van der Waals surface area (Å²) < 4.78 is 19.0. The number of nitro benzene ring substituents is 1. The Morgan fingerprint density at radius 3 is 2.71 bits per heavy atom. The standard InChI is InChI=1S/C13H15FN2O5/c1-21-12-5-10(9(14)4-11(12)16(19)20)15(7-13(17)18)6-8-2-3-8/h4-5,8H,2-3,6-7H2,1H3,(H,17,18). The molecule has 8 heteroatoms. The van der Waals surface area contributed by atoms with E-state index in [4.69, 9.17) is 9.84 Å². The van der Waals surface area contributed by atoms with Crippen LogP contribution in [0.1, 0.15) is 12.8 Å². The molecular formula is C13H15FN2O5. The number of methoxy groups -OCH3 is 1. The molecule has 0 amide bonds. The van der Waals surface area contributed by atoms with E-state index in [1.54, 1.807) is 0 Å². The topological polar surface area (TPSA) is 92.9 Å². The third kappa shape index (κ3) is 3.59. The van der Waals surface area contributed by atoms with Gasteiger partial charge in [0.15, 0.2) is 11.6 Å². The number of anilines is 1. The van der Waals surface area contributed by atoms with Crippen molar-refractivity contribution in [3.8, 4) is 5.75 Å². The summed E-state index contributed by atoms with van der Waals surface area (Å²) in [5, 5.41) is 19.8. The molecule has 1 fully saturated rings. The van der Waals surface area contributed by atoms with Gasteiger partial charge in [-0.2, -0.15) is 0 Å². The first-order valence-electron chi connectivity index (χ1n) is 6.41. The van der Waals surface area contributed by atoms with E-state index in [2.05, 4.69) is 0 Å². The third-order valence-corrected chi connectivity index (χ3v) is 3.29. The highest BCUT2D eigenvalue weighted by Gasteiger charge is 2.28. The van der Waals surface area contributed by atoms with Crippen LogP contribution in [0.15, 0.2) is 12.1 Å². The number of halogens is 1. The molecule has 0 heterocycles. The van der Waals surface area contributed by atoms with Crippen LogP contribution >= 0.6 is 0 Å². The van der Waals surface area contributed by atoms with Crippen molar-refractivity contribution in [2.75, 3.05) is 25.1 Å². The van der Waals surface area contributed by atoms with E-state index < -0.39 is 22.4 Å². The average molecular weight is 298 g/mol. The Balaban J connectivity index is 2.38. The van der Waals surface area contributed by atoms with Crippen LogP contribution in [-0.2, 0) is 4.79 Å². The second kappa shape index (κ2) is 5.94. The first-order chi connectivity index (χ1) is 9.92. The van der Waals surface area contributed by atoms with Crippen LogP contribution in [0.2, 0.25) is 0 Å². The van der Waals surface area contributed by atoms with Crippen LogP contribution in [-0.4, -0.2) is 36.2 Å². The van der Waals surface area contributed by atoms with Gasteiger partial charge in [-0.3, -0.25) is 14.9 Å². The normalized spacial score (nSPS) is 13.8. The molecule has 0 bridgehead atoms. The lowest BCUT2D eigenvalue weighted by atomic mass is 10.2. The van der Waals surface area contributed by atoms with Gasteiger partial charge in [-0.1, -0.05) is 0 Å². The molecule has 0 spiro atoms. The summed E-state index contributed by atoms with van der Waals surface area (Å²) >= 11 is 0. The van der Waals surface area contributed by atoms with Crippen molar-refractivity contribution >= 4 is 17.3 Å². The van der Waals surface area contributed by atoms with Crippen molar-refractivity contribution in [1.82, 2.24) is 0 Å². The molecule has 1 aromatic carbocycles. The Hall–Kier alpha value is -2.38.